The van der Waals surface area contributed by atoms with Crippen LogP contribution in [0.15, 0.2) is 59.6 Å². The number of aliphatic imine (C=N–C) groups is 1. The van der Waals surface area contributed by atoms with Gasteiger partial charge in [0.1, 0.15) is 5.75 Å². The molecule has 213 valence electrons. The molecular formula is C33H46BrN2O2S. The summed E-state index contributed by atoms with van der Waals surface area (Å²) < 4.78 is 5.90. The number of carbonyl (C=O) groups excluding carboxylic acids is 1. The number of rotatable bonds is 19. The molecule has 0 bridgehead atoms. The molecule has 0 spiro atoms. The number of thioether (sulfide) groups is 1. The Morgan fingerprint density at radius 1 is 0.795 bits per heavy atom. The van der Waals surface area contributed by atoms with E-state index in [-0.39, 0.29) is 22.9 Å². The molecule has 1 heterocycles. The average Bonchev–Trinajstić information content (AvgIpc) is 3.33. The van der Waals surface area contributed by atoms with Crippen LogP contribution in [0, 0.1) is 0 Å². The molecule has 0 fully saturated rings. The Balaban J connectivity index is 0.00000533. The Morgan fingerprint density at radius 2 is 1.36 bits per heavy atom. The second kappa shape index (κ2) is 19.9. The van der Waals surface area contributed by atoms with Gasteiger partial charge in [0.25, 0.3) is 11.2 Å². The fraction of sp³-hybridized carbons (Fsp3) is 0.515. The second-order valence-corrected chi connectivity index (χ2v) is 11.7. The van der Waals surface area contributed by atoms with Crippen LogP contribution < -0.4 is 32.0 Å². The summed E-state index contributed by atoms with van der Waals surface area (Å²) in [7, 11) is 0. The normalized spacial score (nSPS) is 12.5. The molecule has 0 atom stereocenters. The maximum absolute atomic E-state index is 12.5. The van der Waals surface area contributed by atoms with Gasteiger partial charge >= 0.3 is 0 Å². The highest BCUT2D eigenvalue weighted by Gasteiger charge is 2.20. The van der Waals surface area contributed by atoms with E-state index in [4.69, 9.17) is 4.74 Å². The zero-order valence-electron chi connectivity index (χ0n) is 23.9. The Bertz CT molecular complexity index is 1020. The minimum Gasteiger partial charge on any atom is -1.00 e. The maximum Gasteiger partial charge on any atom is 0.296 e. The van der Waals surface area contributed by atoms with Crippen LogP contribution in [0.2, 0.25) is 0 Å². The number of hydrogen-bond donors (Lipinski definition) is 1. The lowest BCUT2D eigenvalue weighted by molar-refractivity contribution is -0.115. The van der Waals surface area contributed by atoms with E-state index in [0.29, 0.717) is 6.42 Å². The molecule has 0 saturated carbocycles. The summed E-state index contributed by atoms with van der Waals surface area (Å²) in [5.41, 5.74) is 2.99. The van der Waals surface area contributed by atoms with E-state index >= 15 is 0 Å². The van der Waals surface area contributed by atoms with E-state index in [1.165, 1.54) is 81.1 Å². The van der Waals surface area contributed by atoms with Gasteiger partial charge in [0.2, 0.25) is 5.91 Å². The molecule has 4 nitrogen and oxygen atoms in total. The van der Waals surface area contributed by atoms with Crippen molar-refractivity contribution in [1.82, 2.24) is 4.99 Å². The summed E-state index contributed by atoms with van der Waals surface area (Å²) >= 11 is 1.72. The first-order valence-corrected chi connectivity index (χ1v) is 15.5. The van der Waals surface area contributed by atoms with Crippen molar-refractivity contribution in [2.24, 2.45) is 0 Å². The predicted molar refractivity (Wildman–Crippen MR) is 164 cm³/mol. The van der Waals surface area contributed by atoms with Gasteiger partial charge in [-0.3, -0.25) is 4.79 Å². The van der Waals surface area contributed by atoms with Gasteiger partial charge in [-0.1, -0.05) is 102 Å². The highest BCUT2D eigenvalue weighted by molar-refractivity contribution is 8.17. The van der Waals surface area contributed by atoms with Crippen LogP contribution in [-0.4, -0.2) is 17.6 Å². The van der Waals surface area contributed by atoms with Crippen LogP contribution in [0.1, 0.15) is 102 Å². The van der Waals surface area contributed by atoms with E-state index in [2.05, 4.69) is 36.3 Å². The van der Waals surface area contributed by atoms with Crippen LogP contribution >= 0.6 is 11.8 Å². The van der Waals surface area contributed by atoms with E-state index in [1.807, 2.05) is 42.6 Å². The number of halogens is 1. The molecule has 1 aliphatic rings. The molecule has 1 amide bonds. The molecule has 2 aromatic carbocycles. The second-order valence-electron chi connectivity index (χ2n) is 10.3. The third-order valence-electron chi connectivity index (χ3n) is 6.82. The average molecular weight is 615 g/mol. The van der Waals surface area contributed by atoms with Gasteiger partial charge in [-0.15, -0.1) is 0 Å². The minimum atomic E-state index is -0.0153. The number of benzene rings is 2. The Labute approximate surface area is 251 Å². The highest BCUT2D eigenvalue weighted by atomic mass is 79.9. The van der Waals surface area contributed by atoms with Gasteiger partial charge in [0, 0.05) is 5.69 Å². The zero-order chi connectivity index (χ0) is 26.8. The number of unbranched alkanes of at least 4 members (excludes halogenated alkanes) is 11. The first-order valence-electron chi connectivity index (χ1n) is 14.6. The summed E-state index contributed by atoms with van der Waals surface area (Å²) in [6, 6.07) is 15.9. The Hall–Kier alpha value is -2.05. The number of nitrogens with zero attached hydrogens (tertiary/aromatic N) is 1. The number of ether oxygens (including phenoxy) is 1. The summed E-state index contributed by atoms with van der Waals surface area (Å²) in [5.74, 6) is 0.863. The van der Waals surface area contributed by atoms with Crippen LogP contribution in [-0.2, 0) is 17.6 Å². The maximum atomic E-state index is 12.5. The molecule has 6 heteroatoms. The summed E-state index contributed by atoms with van der Waals surface area (Å²) in [6.45, 7) is 5.11. The van der Waals surface area contributed by atoms with E-state index in [9.17, 15) is 4.79 Å². The van der Waals surface area contributed by atoms with Crippen molar-refractivity contribution in [1.29, 1.82) is 0 Å². The third-order valence-corrected chi connectivity index (χ3v) is 7.73. The monoisotopic (exact) mass is 613 g/mol. The summed E-state index contributed by atoms with van der Waals surface area (Å²) in [4.78, 5) is 18.2. The summed E-state index contributed by atoms with van der Waals surface area (Å²) in [6.07, 6.45) is 19.2. The number of amides is 1. The van der Waals surface area contributed by atoms with E-state index < -0.39 is 0 Å². The quantitative estimate of drug-likeness (QED) is 0.203. The lowest BCUT2D eigenvalue weighted by Gasteiger charge is -2.08. The number of hydrogen-bond acceptors (Lipinski definition) is 4. The van der Waals surface area contributed by atoms with E-state index in [1.54, 1.807) is 11.8 Å². The highest BCUT2D eigenvalue weighted by Crippen LogP contribution is 2.22. The lowest BCUT2D eigenvalue weighted by Crippen LogP contribution is -3.00. The van der Waals surface area contributed by atoms with Crippen molar-refractivity contribution in [3.8, 4) is 5.75 Å². The molecule has 2 aromatic rings. The van der Waals surface area contributed by atoms with Crippen molar-refractivity contribution in [2.45, 2.75) is 104 Å². The fourth-order valence-corrected chi connectivity index (χ4v) is 5.41. The predicted octanol–water partition coefficient (Wildman–Crippen LogP) is 5.84. The molecule has 1 radical (unpaired) electrons. The first-order chi connectivity index (χ1) is 18.6. The van der Waals surface area contributed by atoms with Crippen LogP contribution in [0.5, 0.6) is 5.75 Å². The summed E-state index contributed by atoms with van der Waals surface area (Å²) in [5, 5.41) is 4.11. The van der Waals surface area contributed by atoms with Gasteiger partial charge in [0.15, 0.2) is 0 Å². The molecule has 0 saturated heterocycles. The van der Waals surface area contributed by atoms with Gasteiger partial charge in [0.05, 0.1) is 29.3 Å². The zero-order valence-corrected chi connectivity index (χ0v) is 26.3. The topological polar surface area (TPSA) is 52.4 Å². The van der Waals surface area contributed by atoms with Gasteiger partial charge in [-0.05, 0) is 60.5 Å². The van der Waals surface area contributed by atoms with E-state index in [0.717, 1.165) is 41.5 Å². The van der Waals surface area contributed by atoms with Crippen LogP contribution in [0.3, 0.4) is 0 Å². The van der Waals surface area contributed by atoms with Gasteiger partial charge < -0.3 is 27.0 Å². The SMILES string of the molecule is CCCCCCCCCCCCCCOc1ccc(CC(=O)Nc2ccc(CC3=[N+]C=C(C)S3)cc2)cc1.[Br-]. The number of anilines is 1. The molecule has 1 aliphatic heterocycles. The Morgan fingerprint density at radius 3 is 1.92 bits per heavy atom. The van der Waals surface area contributed by atoms with Crippen molar-refractivity contribution in [3.63, 3.8) is 0 Å². The van der Waals surface area contributed by atoms with Crippen LogP contribution in [0.25, 0.3) is 0 Å². The molecule has 3 rings (SSSR count). The van der Waals surface area contributed by atoms with Crippen molar-refractivity contribution in [3.05, 3.63) is 70.8 Å². The molecule has 0 aliphatic carbocycles. The molecule has 1 N–H and O–H groups in total. The molecule has 0 unspecified atom stereocenters. The van der Waals surface area contributed by atoms with Crippen molar-refractivity contribution < 1.29 is 26.5 Å². The fourth-order valence-electron chi connectivity index (χ4n) is 4.59. The van der Waals surface area contributed by atoms with Crippen LogP contribution in [0.4, 0.5) is 5.69 Å². The van der Waals surface area contributed by atoms with Gasteiger partial charge in [-0.2, -0.15) is 0 Å². The smallest absolute Gasteiger partial charge is 0.296 e. The molecular weight excluding hydrogens is 568 g/mol. The number of allylic oxidation sites excluding steroid dienone is 1. The minimum absolute atomic E-state index is 0. The van der Waals surface area contributed by atoms with Crippen molar-refractivity contribution >= 4 is 28.4 Å². The number of carbonyl (C=O) groups is 1. The van der Waals surface area contributed by atoms with Gasteiger partial charge in [-0.25, -0.2) is 0 Å². The molecule has 39 heavy (non-hydrogen) atoms. The number of nitrogens with one attached hydrogen (secondary N) is 1. The Kier molecular flexibility index (Phi) is 16.9. The molecule has 0 aromatic heterocycles. The third kappa shape index (κ3) is 14.2. The largest absolute Gasteiger partial charge is 1.00 e. The van der Waals surface area contributed by atoms with Crippen molar-refractivity contribution in [2.75, 3.05) is 11.9 Å². The lowest BCUT2D eigenvalue weighted by atomic mass is 10.1. The standard InChI is InChI=1S/C33H46N2O2S.BrH/c1-3-4-5-6-7-8-9-10-11-12-13-14-23-37-31-21-17-28(18-22-31)24-32(36)35-30-19-15-29(16-20-30)25-33-34-26-27(2)38-33;/h15-22,26H,3-14,23-25H2,1-2H3,(H,35,36);1H/q+1;/p-1. The first kappa shape index (κ1) is 33.2.